The first-order valence-corrected chi connectivity index (χ1v) is 9.80. The third-order valence-corrected chi connectivity index (χ3v) is 4.65. The van der Waals surface area contributed by atoms with Gasteiger partial charge in [0.15, 0.2) is 0 Å². The topological polar surface area (TPSA) is 140 Å². The molecule has 11 nitrogen and oxygen atoms in total. The third kappa shape index (κ3) is 6.56. The number of benzene rings is 1. The minimum Gasteiger partial charge on any atom is -0.497 e. The largest absolute Gasteiger partial charge is 0.497 e. The Morgan fingerprint density at radius 2 is 1.81 bits per heavy atom. The van der Waals surface area contributed by atoms with Crippen LogP contribution in [0.1, 0.15) is 18.1 Å². The maximum absolute atomic E-state index is 12.9. The fourth-order valence-electron chi connectivity index (χ4n) is 3.03. The number of hydrogen-bond acceptors (Lipinski definition) is 6. The van der Waals surface area contributed by atoms with Crippen LogP contribution in [0.5, 0.6) is 5.75 Å². The number of carboxylic acid groups (broad SMARTS) is 1. The Labute approximate surface area is 183 Å². The monoisotopic (exact) mass is 446 g/mol. The number of aromatic nitrogens is 2. The van der Waals surface area contributed by atoms with E-state index in [1.165, 1.54) is 27.2 Å². The molecule has 0 bridgehead atoms. The summed E-state index contributed by atoms with van der Waals surface area (Å²) in [6, 6.07) is 6.85. The predicted octanol–water partition coefficient (Wildman–Crippen LogP) is -0.575. The van der Waals surface area contributed by atoms with Crippen LogP contribution in [0.3, 0.4) is 0 Å². The smallest absolute Gasteiger partial charge is 0.331 e. The summed E-state index contributed by atoms with van der Waals surface area (Å²) in [4.78, 5) is 61.3. The van der Waals surface area contributed by atoms with E-state index in [1.807, 2.05) is 0 Å². The minimum absolute atomic E-state index is 0.00109. The second-order valence-corrected chi connectivity index (χ2v) is 7.15. The summed E-state index contributed by atoms with van der Waals surface area (Å²) in [5, 5.41) is 11.6. The van der Waals surface area contributed by atoms with Gasteiger partial charge in [-0.05, 0) is 24.6 Å². The summed E-state index contributed by atoms with van der Waals surface area (Å²) >= 11 is 0. The van der Waals surface area contributed by atoms with Gasteiger partial charge in [0.25, 0.3) is 5.56 Å². The van der Waals surface area contributed by atoms with Gasteiger partial charge in [0.2, 0.25) is 11.8 Å². The van der Waals surface area contributed by atoms with Crippen molar-refractivity contribution in [1.82, 2.24) is 19.4 Å². The molecule has 0 spiro atoms. The van der Waals surface area contributed by atoms with Crippen LogP contribution in [-0.2, 0) is 27.5 Å². The first-order chi connectivity index (χ1) is 15.1. The zero-order valence-electron chi connectivity index (χ0n) is 18.2. The van der Waals surface area contributed by atoms with E-state index < -0.39 is 36.2 Å². The molecule has 0 unspecified atom stereocenters. The average molecular weight is 446 g/mol. The van der Waals surface area contributed by atoms with E-state index in [-0.39, 0.29) is 31.1 Å². The second-order valence-electron chi connectivity index (χ2n) is 7.15. The highest BCUT2D eigenvalue weighted by atomic mass is 16.5. The molecule has 32 heavy (non-hydrogen) atoms. The zero-order chi connectivity index (χ0) is 23.8. The number of hydrogen-bond donors (Lipinski definition) is 2. The third-order valence-electron chi connectivity index (χ3n) is 4.65. The number of carbonyl (C=O) groups is 3. The van der Waals surface area contributed by atoms with Crippen LogP contribution >= 0.6 is 0 Å². The number of carbonyl (C=O) groups excluding carboxylic acids is 2. The van der Waals surface area contributed by atoms with Gasteiger partial charge in [-0.15, -0.1) is 0 Å². The van der Waals surface area contributed by atoms with Gasteiger partial charge < -0.3 is 20.1 Å². The van der Waals surface area contributed by atoms with Gasteiger partial charge in [-0.2, -0.15) is 0 Å². The van der Waals surface area contributed by atoms with E-state index in [2.05, 4.69) is 5.32 Å². The molecule has 172 valence electrons. The Kier molecular flexibility index (Phi) is 8.33. The number of amides is 2. The van der Waals surface area contributed by atoms with Crippen LogP contribution in [0.2, 0.25) is 0 Å². The lowest BCUT2D eigenvalue weighted by atomic mass is 10.2. The van der Waals surface area contributed by atoms with E-state index in [0.717, 1.165) is 14.0 Å². The Bertz CT molecular complexity index is 1100. The van der Waals surface area contributed by atoms with Crippen molar-refractivity contribution in [2.45, 2.75) is 26.9 Å². The normalized spacial score (nSPS) is 10.5. The fraction of sp³-hybridized carbons (Fsp3) is 0.381. The Hall–Kier alpha value is -3.89. The van der Waals surface area contributed by atoms with Crippen molar-refractivity contribution < 1.29 is 24.2 Å². The van der Waals surface area contributed by atoms with Gasteiger partial charge in [0, 0.05) is 31.8 Å². The van der Waals surface area contributed by atoms with Gasteiger partial charge in [0.1, 0.15) is 18.8 Å². The van der Waals surface area contributed by atoms with Crippen molar-refractivity contribution in [1.29, 1.82) is 0 Å². The van der Waals surface area contributed by atoms with Crippen molar-refractivity contribution in [2.24, 2.45) is 0 Å². The lowest BCUT2D eigenvalue weighted by Crippen LogP contribution is -2.46. The highest BCUT2D eigenvalue weighted by Gasteiger charge is 2.19. The number of rotatable bonds is 10. The molecule has 0 saturated heterocycles. The predicted molar refractivity (Wildman–Crippen MR) is 115 cm³/mol. The standard InChI is InChI=1S/C21H26N4O7/c1-14-10-24(12-18(27)23(13-19(28)29)9-8-22-15(2)26)21(31)25(20(14)30)11-16-4-6-17(32-3)7-5-16/h4-7,10H,8-9,11-13H2,1-3H3,(H,22,26)(H,28,29). The number of carboxylic acids is 1. The van der Waals surface area contributed by atoms with Gasteiger partial charge >= 0.3 is 11.7 Å². The van der Waals surface area contributed by atoms with Crippen LogP contribution in [0.25, 0.3) is 0 Å². The molecule has 2 rings (SSSR count). The highest BCUT2D eigenvalue weighted by molar-refractivity contribution is 5.81. The van der Waals surface area contributed by atoms with Gasteiger partial charge in [0.05, 0.1) is 13.7 Å². The molecule has 0 radical (unpaired) electrons. The summed E-state index contributed by atoms with van der Waals surface area (Å²) in [6.07, 6.45) is 1.28. The van der Waals surface area contributed by atoms with Crippen molar-refractivity contribution in [3.63, 3.8) is 0 Å². The number of methoxy groups -OCH3 is 1. The number of nitrogens with zero attached hydrogens (tertiary/aromatic N) is 3. The quantitative estimate of drug-likeness (QED) is 0.498. The van der Waals surface area contributed by atoms with Crippen LogP contribution in [-0.4, -0.2) is 63.7 Å². The first-order valence-electron chi connectivity index (χ1n) is 9.80. The van der Waals surface area contributed by atoms with Crippen molar-refractivity contribution in [3.8, 4) is 5.75 Å². The average Bonchev–Trinajstić information content (AvgIpc) is 2.74. The van der Waals surface area contributed by atoms with E-state index in [9.17, 15) is 24.0 Å². The molecular weight excluding hydrogens is 420 g/mol. The van der Waals surface area contributed by atoms with Gasteiger partial charge in [-0.3, -0.25) is 28.3 Å². The molecule has 0 atom stereocenters. The Balaban J connectivity index is 2.28. The number of aryl methyl sites for hydroxylation is 1. The second kappa shape index (κ2) is 10.9. The summed E-state index contributed by atoms with van der Waals surface area (Å²) < 4.78 is 7.19. The van der Waals surface area contributed by atoms with E-state index in [1.54, 1.807) is 24.3 Å². The molecule has 0 fully saturated rings. The summed E-state index contributed by atoms with van der Waals surface area (Å²) in [7, 11) is 1.53. The molecule has 2 amide bonds. The van der Waals surface area contributed by atoms with Gasteiger partial charge in [-0.25, -0.2) is 4.79 Å². The fourth-order valence-corrected chi connectivity index (χ4v) is 3.03. The molecule has 1 heterocycles. The maximum atomic E-state index is 12.9. The number of ether oxygens (including phenoxy) is 1. The molecule has 0 aliphatic rings. The maximum Gasteiger partial charge on any atom is 0.331 e. The van der Waals surface area contributed by atoms with Crippen LogP contribution < -0.4 is 21.3 Å². The number of nitrogens with one attached hydrogen (secondary N) is 1. The lowest BCUT2D eigenvalue weighted by molar-refractivity contribution is -0.144. The molecular formula is C21H26N4O7. The van der Waals surface area contributed by atoms with E-state index in [0.29, 0.717) is 11.3 Å². The molecule has 2 aromatic rings. The number of aliphatic carboxylic acids is 1. The SMILES string of the molecule is COc1ccc(Cn2c(=O)c(C)cn(CC(=O)N(CCNC(C)=O)CC(=O)O)c2=O)cc1. The first kappa shape index (κ1) is 24.4. The van der Waals surface area contributed by atoms with E-state index in [4.69, 9.17) is 9.84 Å². The minimum atomic E-state index is -1.23. The van der Waals surface area contributed by atoms with Crippen LogP contribution in [0.15, 0.2) is 40.1 Å². The molecule has 11 heteroatoms. The summed E-state index contributed by atoms with van der Waals surface area (Å²) in [6.45, 7) is 1.83. The molecule has 0 aliphatic heterocycles. The zero-order valence-corrected chi connectivity index (χ0v) is 18.2. The molecule has 1 aromatic heterocycles. The van der Waals surface area contributed by atoms with Crippen molar-refractivity contribution in [2.75, 3.05) is 26.7 Å². The van der Waals surface area contributed by atoms with Gasteiger partial charge in [-0.1, -0.05) is 12.1 Å². The highest BCUT2D eigenvalue weighted by Crippen LogP contribution is 2.11. The van der Waals surface area contributed by atoms with Crippen LogP contribution in [0, 0.1) is 6.92 Å². The Morgan fingerprint density at radius 3 is 2.38 bits per heavy atom. The summed E-state index contributed by atoms with van der Waals surface area (Å²) in [5.41, 5.74) is -0.227. The molecule has 1 aromatic carbocycles. The molecule has 0 aliphatic carbocycles. The summed E-state index contributed by atoms with van der Waals surface area (Å²) in [5.74, 6) is -1.54. The van der Waals surface area contributed by atoms with E-state index >= 15 is 0 Å². The van der Waals surface area contributed by atoms with Crippen LogP contribution in [0.4, 0.5) is 0 Å². The molecule has 0 saturated carbocycles. The lowest BCUT2D eigenvalue weighted by Gasteiger charge is -2.21. The molecule has 2 N–H and O–H groups in total. The Morgan fingerprint density at radius 1 is 1.16 bits per heavy atom. The van der Waals surface area contributed by atoms with Crippen molar-refractivity contribution >= 4 is 17.8 Å². The van der Waals surface area contributed by atoms with Crippen molar-refractivity contribution in [3.05, 3.63) is 62.4 Å².